The molecule has 0 aliphatic heterocycles. The average Bonchev–Trinajstić information content (AvgIpc) is 1.98. The molecule has 5 heteroatoms. The zero-order chi connectivity index (χ0) is 7.02. The number of hydrogen-bond acceptors (Lipinski definition) is 4. The molecule has 46 valence electrons. The summed E-state index contributed by atoms with van der Waals surface area (Å²) < 4.78 is 0. The Balaban J connectivity index is 4.15. The summed E-state index contributed by atoms with van der Waals surface area (Å²) in [4.78, 5) is 22.4. The third kappa shape index (κ3) is 0.620. The molecule has 1 rings (SSSR count). The van der Waals surface area contributed by atoms with Gasteiger partial charge in [0.15, 0.2) is 10.7 Å². The van der Waals surface area contributed by atoms with Gasteiger partial charge in [-0.25, -0.2) is 0 Å². The monoisotopic (exact) mass is 125 g/mol. The van der Waals surface area contributed by atoms with Crippen LogP contribution in [0.4, 0.5) is 0 Å². The van der Waals surface area contributed by atoms with Crippen molar-refractivity contribution in [3.63, 3.8) is 0 Å². The standard InChI is InChI=1S/C4H3N3O2/c5-1-2(6)4(9)7-3(1)8/h5-6H,(H,7,8,9). The Kier molecular flexibility index (Phi) is 0.921. The molecule has 0 bridgehead atoms. The van der Waals surface area contributed by atoms with E-state index in [9.17, 15) is 9.59 Å². The molecule has 0 saturated heterocycles. The highest BCUT2D eigenvalue weighted by Gasteiger charge is 1.96. The maximum atomic E-state index is 10.3. The molecule has 1 aromatic rings. The molecule has 0 aromatic carbocycles. The topological polar surface area (TPSA) is 97.6 Å². The lowest BCUT2D eigenvalue weighted by Gasteiger charge is -1.54. The number of nitrogens with one attached hydrogen (secondary N) is 3. The molecule has 0 spiro atoms. The van der Waals surface area contributed by atoms with Crippen molar-refractivity contribution in [3.8, 4) is 0 Å². The first-order chi connectivity index (χ1) is 4.13. The summed E-state index contributed by atoms with van der Waals surface area (Å²) in [5, 5.41) is 12.4. The third-order valence-electron chi connectivity index (χ3n) is 0.931. The van der Waals surface area contributed by atoms with E-state index in [0.717, 1.165) is 0 Å². The Bertz CT molecular complexity index is 368. The van der Waals surface area contributed by atoms with E-state index < -0.39 is 21.8 Å². The van der Waals surface area contributed by atoms with E-state index in [2.05, 4.69) is 0 Å². The van der Waals surface area contributed by atoms with Crippen LogP contribution in [0.2, 0.25) is 0 Å². The molecular formula is C4H3N3O2. The van der Waals surface area contributed by atoms with Crippen LogP contribution in [0.3, 0.4) is 0 Å². The highest BCUT2D eigenvalue weighted by Crippen LogP contribution is 1.27. The molecule has 0 amide bonds. The van der Waals surface area contributed by atoms with Gasteiger partial charge >= 0.3 is 0 Å². The molecular weight excluding hydrogens is 122 g/mol. The van der Waals surface area contributed by atoms with Crippen LogP contribution in [0.5, 0.6) is 0 Å². The van der Waals surface area contributed by atoms with Gasteiger partial charge in [-0.3, -0.25) is 25.4 Å². The van der Waals surface area contributed by atoms with Crippen molar-refractivity contribution in [2.75, 3.05) is 0 Å². The predicted molar refractivity (Wildman–Crippen MR) is 27.4 cm³/mol. The molecule has 3 N–H and O–H groups in total. The fraction of sp³-hybridized carbons (Fsp3) is 0. The van der Waals surface area contributed by atoms with Crippen LogP contribution in [0.15, 0.2) is 9.59 Å². The Morgan fingerprint density at radius 3 is 1.44 bits per heavy atom. The Morgan fingerprint density at radius 2 is 1.33 bits per heavy atom. The minimum absolute atomic E-state index is 0.556. The van der Waals surface area contributed by atoms with Crippen molar-refractivity contribution in [1.82, 2.24) is 4.98 Å². The number of H-pyrrole nitrogens is 1. The van der Waals surface area contributed by atoms with Crippen molar-refractivity contribution in [2.45, 2.75) is 0 Å². The van der Waals surface area contributed by atoms with Gasteiger partial charge in [-0.15, -0.1) is 0 Å². The van der Waals surface area contributed by atoms with Crippen LogP contribution in [-0.2, 0) is 0 Å². The van der Waals surface area contributed by atoms with Crippen LogP contribution in [-0.4, -0.2) is 4.98 Å². The minimum atomic E-state index is -0.787. The quantitative estimate of drug-likeness (QED) is 0.359. The lowest BCUT2D eigenvalue weighted by atomic mass is 10.6. The summed E-state index contributed by atoms with van der Waals surface area (Å²) in [6.45, 7) is 0. The van der Waals surface area contributed by atoms with Gasteiger partial charge in [0.2, 0.25) is 0 Å². The molecule has 0 aliphatic carbocycles. The van der Waals surface area contributed by atoms with Gasteiger partial charge in [-0.1, -0.05) is 0 Å². The lowest BCUT2D eigenvalue weighted by Crippen LogP contribution is -2.34. The fourth-order valence-corrected chi connectivity index (χ4v) is 0.455. The molecule has 0 saturated carbocycles. The van der Waals surface area contributed by atoms with Crippen LogP contribution < -0.4 is 21.8 Å². The molecule has 9 heavy (non-hydrogen) atoms. The summed E-state index contributed by atoms with van der Waals surface area (Å²) in [6.07, 6.45) is 0. The fourth-order valence-electron chi connectivity index (χ4n) is 0.455. The van der Waals surface area contributed by atoms with Gasteiger partial charge in [0.25, 0.3) is 11.1 Å². The lowest BCUT2D eigenvalue weighted by molar-refractivity contribution is 1.14. The first kappa shape index (κ1) is 5.61. The van der Waals surface area contributed by atoms with E-state index in [1.54, 1.807) is 4.98 Å². The SMILES string of the molecule is N=c1c(=O)[nH]c(=O)c1=N. The molecule has 0 aliphatic rings. The smallest absolute Gasteiger partial charge is 0.278 e. The third-order valence-corrected chi connectivity index (χ3v) is 0.931. The molecule has 0 fully saturated rings. The zero-order valence-corrected chi connectivity index (χ0v) is 4.32. The second-order valence-electron chi connectivity index (χ2n) is 1.53. The van der Waals surface area contributed by atoms with Crippen LogP contribution in [0, 0.1) is 10.8 Å². The predicted octanol–water partition coefficient (Wildman–Crippen LogP) is -2.43. The van der Waals surface area contributed by atoms with Crippen LogP contribution in [0.25, 0.3) is 0 Å². The summed E-state index contributed by atoms with van der Waals surface area (Å²) in [5.41, 5.74) is -1.57. The van der Waals surface area contributed by atoms with E-state index in [0.29, 0.717) is 0 Å². The average molecular weight is 125 g/mol. The van der Waals surface area contributed by atoms with Gasteiger partial charge < -0.3 is 0 Å². The van der Waals surface area contributed by atoms with Crippen LogP contribution in [0.1, 0.15) is 0 Å². The zero-order valence-electron chi connectivity index (χ0n) is 4.32. The Labute approximate surface area is 48.3 Å². The number of hydrogen-bond donors (Lipinski definition) is 3. The summed E-state index contributed by atoms with van der Waals surface area (Å²) in [7, 11) is 0. The van der Waals surface area contributed by atoms with E-state index in [4.69, 9.17) is 10.8 Å². The minimum Gasteiger partial charge on any atom is -0.293 e. The summed E-state index contributed by atoms with van der Waals surface area (Å²) in [5.74, 6) is 0. The van der Waals surface area contributed by atoms with Gasteiger partial charge in [0.05, 0.1) is 0 Å². The molecule has 0 radical (unpaired) electrons. The Morgan fingerprint density at radius 1 is 1.00 bits per heavy atom. The second kappa shape index (κ2) is 1.48. The van der Waals surface area contributed by atoms with E-state index >= 15 is 0 Å². The van der Waals surface area contributed by atoms with Gasteiger partial charge in [-0.05, 0) is 0 Å². The van der Waals surface area contributed by atoms with Crippen LogP contribution >= 0.6 is 0 Å². The van der Waals surface area contributed by atoms with Crippen molar-refractivity contribution in [1.29, 1.82) is 10.8 Å². The van der Waals surface area contributed by atoms with Gasteiger partial charge in [0, 0.05) is 0 Å². The van der Waals surface area contributed by atoms with Crippen molar-refractivity contribution >= 4 is 0 Å². The number of aromatic amines is 1. The van der Waals surface area contributed by atoms with Crippen molar-refractivity contribution < 1.29 is 0 Å². The number of aromatic nitrogens is 1. The molecule has 0 unspecified atom stereocenters. The van der Waals surface area contributed by atoms with E-state index in [-0.39, 0.29) is 0 Å². The molecule has 1 heterocycles. The largest absolute Gasteiger partial charge is 0.293 e. The molecule has 0 atom stereocenters. The van der Waals surface area contributed by atoms with Crippen molar-refractivity contribution in [3.05, 3.63) is 31.4 Å². The first-order valence-corrected chi connectivity index (χ1v) is 2.16. The molecule has 5 nitrogen and oxygen atoms in total. The number of rotatable bonds is 0. The Hall–Kier alpha value is -1.52. The van der Waals surface area contributed by atoms with E-state index in [1.165, 1.54) is 0 Å². The van der Waals surface area contributed by atoms with E-state index in [1.807, 2.05) is 0 Å². The van der Waals surface area contributed by atoms with Crippen molar-refractivity contribution in [2.24, 2.45) is 0 Å². The normalized spacial score (nSPS) is 9.78. The first-order valence-electron chi connectivity index (χ1n) is 2.16. The highest BCUT2D eigenvalue weighted by molar-refractivity contribution is 4.85. The maximum Gasteiger partial charge on any atom is 0.278 e. The summed E-state index contributed by atoms with van der Waals surface area (Å²) in [6, 6.07) is 0. The second-order valence-corrected chi connectivity index (χ2v) is 1.53. The maximum absolute atomic E-state index is 10.3. The summed E-state index contributed by atoms with van der Waals surface area (Å²) >= 11 is 0. The molecule has 1 aromatic heterocycles. The highest BCUT2D eigenvalue weighted by atomic mass is 16.2. The van der Waals surface area contributed by atoms with Gasteiger partial charge in [0.1, 0.15) is 0 Å². The van der Waals surface area contributed by atoms with Gasteiger partial charge in [-0.2, -0.15) is 0 Å².